The molecule has 0 bridgehead atoms. The van der Waals surface area contributed by atoms with Gasteiger partial charge < -0.3 is 24.1 Å². The third-order valence-corrected chi connectivity index (χ3v) is 5.07. The zero-order valence-corrected chi connectivity index (χ0v) is 18.2. The lowest BCUT2D eigenvalue weighted by molar-refractivity contribution is -0.116. The van der Waals surface area contributed by atoms with Crippen LogP contribution in [0.25, 0.3) is 11.0 Å². The van der Waals surface area contributed by atoms with Crippen LogP contribution in [-0.2, 0) is 11.3 Å². The smallest absolute Gasteiger partial charge is 0.244 e. The number of carbonyl (C=O) groups excluding carboxylic acids is 1. The van der Waals surface area contributed by atoms with Crippen molar-refractivity contribution in [3.05, 3.63) is 78.6 Å². The van der Waals surface area contributed by atoms with Gasteiger partial charge in [0.05, 0.1) is 25.3 Å². The van der Waals surface area contributed by atoms with Gasteiger partial charge in [-0.25, -0.2) is 4.98 Å². The van der Waals surface area contributed by atoms with Crippen LogP contribution >= 0.6 is 0 Å². The lowest BCUT2D eigenvalue weighted by Crippen LogP contribution is -2.22. The van der Waals surface area contributed by atoms with Crippen LogP contribution in [0, 0.1) is 0 Å². The van der Waals surface area contributed by atoms with Gasteiger partial charge in [0.2, 0.25) is 5.91 Å². The van der Waals surface area contributed by atoms with Gasteiger partial charge in [0.1, 0.15) is 12.3 Å². The summed E-state index contributed by atoms with van der Waals surface area (Å²) in [6.45, 7) is 2.02. The molecule has 1 amide bonds. The van der Waals surface area contributed by atoms with E-state index in [2.05, 4.69) is 5.32 Å². The summed E-state index contributed by atoms with van der Waals surface area (Å²) in [5.41, 5.74) is 2.30. The normalized spacial score (nSPS) is 11.7. The number of amides is 1. The Bertz CT molecular complexity index is 1220. The maximum Gasteiger partial charge on any atom is 0.244 e. The quantitative estimate of drug-likeness (QED) is 0.432. The Hall–Kier alpha value is -4.00. The number of ether oxygens (including phenoxy) is 3. The second-order valence-corrected chi connectivity index (χ2v) is 7.24. The van der Waals surface area contributed by atoms with E-state index in [1.165, 1.54) is 0 Å². The van der Waals surface area contributed by atoms with Gasteiger partial charge in [0, 0.05) is 11.8 Å². The van der Waals surface area contributed by atoms with Crippen molar-refractivity contribution in [2.24, 2.45) is 0 Å². The maximum atomic E-state index is 12.9. The Kier molecular flexibility index (Phi) is 6.26. The average Bonchev–Trinajstić information content (AvgIpc) is 3.18. The Morgan fingerprint density at radius 1 is 0.969 bits per heavy atom. The summed E-state index contributed by atoms with van der Waals surface area (Å²) < 4.78 is 18.5. The fourth-order valence-corrected chi connectivity index (χ4v) is 3.58. The van der Waals surface area contributed by atoms with Gasteiger partial charge in [0.25, 0.3) is 0 Å². The molecule has 0 aliphatic carbocycles. The van der Waals surface area contributed by atoms with E-state index in [4.69, 9.17) is 19.2 Å². The molecule has 1 N–H and O–H groups in total. The number of hydrogen-bond acceptors (Lipinski definition) is 5. The van der Waals surface area contributed by atoms with Crippen LogP contribution in [0.15, 0.2) is 72.8 Å². The molecule has 4 aromatic rings. The molecule has 7 heteroatoms. The van der Waals surface area contributed by atoms with E-state index in [0.29, 0.717) is 23.0 Å². The van der Waals surface area contributed by atoms with Crippen LogP contribution in [0.3, 0.4) is 0 Å². The number of hydrogen-bond donors (Lipinski definition) is 1. The number of benzene rings is 3. The molecular formula is C25H25N3O4. The van der Waals surface area contributed by atoms with Crippen LogP contribution in [0.2, 0.25) is 0 Å². The van der Waals surface area contributed by atoms with E-state index in [-0.39, 0.29) is 18.6 Å². The number of imidazole rings is 1. The summed E-state index contributed by atoms with van der Waals surface area (Å²) in [6.07, 6.45) is -0.348. The summed E-state index contributed by atoms with van der Waals surface area (Å²) in [6, 6.07) is 22.5. The fraction of sp³-hybridized carbons (Fsp3) is 0.200. The predicted molar refractivity (Wildman–Crippen MR) is 123 cm³/mol. The highest BCUT2D eigenvalue weighted by atomic mass is 16.5. The minimum absolute atomic E-state index is 0.0900. The van der Waals surface area contributed by atoms with Crippen LogP contribution in [-0.4, -0.2) is 29.7 Å². The van der Waals surface area contributed by atoms with E-state index in [9.17, 15) is 4.79 Å². The van der Waals surface area contributed by atoms with Crippen LogP contribution in [0.5, 0.6) is 17.2 Å². The molecule has 7 nitrogen and oxygen atoms in total. The zero-order chi connectivity index (χ0) is 22.5. The highest BCUT2D eigenvalue weighted by Crippen LogP contribution is 2.30. The zero-order valence-electron chi connectivity index (χ0n) is 18.2. The van der Waals surface area contributed by atoms with Crippen molar-refractivity contribution in [3.63, 3.8) is 0 Å². The van der Waals surface area contributed by atoms with Gasteiger partial charge in [0.15, 0.2) is 23.4 Å². The van der Waals surface area contributed by atoms with Crippen LogP contribution < -0.4 is 19.5 Å². The van der Waals surface area contributed by atoms with E-state index in [0.717, 1.165) is 16.8 Å². The number of aromatic nitrogens is 2. The van der Waals surface area contributed by atoms with E-state index in [1.807, 2.05) is 66.1 Å². The van der Waals surface area contributed by atoms with Crippen molar-refractivity contribution in [1.29, 1.82) is 0 Å². The minimum atomic E-state index is -0.348. The van der Waals surface area contributed by atoms with Gasteiger partial charge in [-0.2, -0.15) is 0 Å². The van der Waals surface area contributed by atoms with Gasteiger partial charge in [-0.1, -0.05) is 30.3 Å². The average molecular weight is 431 g/mol. The Balaban J connectivity index is 1.59. The van der Waals surface area contributed by atoms with Gasteiger partial charge in [-0.05, 0) is 43.3 Å². The molecule has 0 saturated heterocycles. The molecule has 1 aromatic heterocycles. The van der Waals surface area contributed by atoms with Gasteiger partial charge in [-0.15, -0.1) is 0 Å². The molecule has 0 fully saturated rings. The number of anilines is 1. The molecular weight excluding hydrogens is 406 g/mol. The molecule has 32 heavy (non-hydrogen) atoms. The van der Waals surface area contributed by atoms with E-state index < -0.39 is 0 Å². The van der Waals surface area contributed by atoms with Crippen molar-refractivity contribution in [2.45, 2.75) is 19.6 Å². The second kappa shape index (κ2) is 9.43. The van der Waals surface area contributed by atoms with Crippen molar-refractivity contribution in [1.82, 2.24) is 9.55 Å². The molecule has 1 heterocycles. The molecule has 4 rings (SSSR count). The topological polar surface area (TPSA) is 74.6 Å². The molecule has 3 aromatic carbocycles. The number of methoxy groups -OCH3 is 2. The standard InChI is InChI=1S/C25H25N3O4/c1-17(32-19-9-5-4-6-10-19)25-27-20-11-7-8-12-21(20)28(25)16-24(29)26-18-13-14-22(30-2)23(15-18)31-3/h4-15,17H,16H2,1-3H3,(H,26,29)/t17-/m0/s1. The largest absolute Gasteiger partial charge is 0.493 e. The van der Waals surface area contributed by atoms with Gasteiger partial charge in [-0.3, -0.25) is 4.79 Å². The predicted octanol–water partition coefficient (Wildman–Crippen LogP) is 4.83. The first-order valence-electron chi connectivity index (χ1n) is 10.3. The lowest BCUT2D eigenvalue weighted by Gasteiger charge is -2.17. The third kappa shape index (κ3) is 4.51. The number of nitrogens with one attached hydrogen (secondary N) is 1. The summed E-state index contributed by atoms with van der Waals surface area (Å²) >= 11 is 0. The van der Waals surface area contributed by atoms with Crippen molar-refractivity contribution in [3.8, 4) is 17.2 Å². The third-order valence-electron chi connectivity index (χ3n) is 5.07. The molecule has 0 unspecified atom stereocenters. The summed E-state index contributed by atoms with van der Waals surface area (Å²) in [4.78, 5) is 17.7. The fourth-order valence-electron chi connectivity index (χ4n) is 3.58. The molecule has 0 spiro atoms. The lowest BCUT2D eigenvalue weighted by atomic mass is 10.2. The molecule has 0 aliphatic heterocycles. The highest BCUT2D eigenvalue weighted by Gasteiger charge is 2.20. The number of rotatable bonds is 8. The van der Waals surface area contributed by atoms with E-state index >= 15 is 0 Å². The Labute approximate surface area is 186 Å². The summed E-state index contributed by atoms with van der Waals surface area (Å²) in [5.74, 6) is 2.38. The van der Waals surface area contributed by atoms with Crippen molar-refractivity contribution >= 4 is 22.6 Å². The van der Waals surface area contributed by atoms with Crippen LogP contribution in [0.1, 0.15) is 18.9 Å². The first kappa shape index (κ1) is 21.2. The Morgan fingerprint density at radius 3 is 2.44 bits per heavy atom. The summed E-state index contributed by atoms with van der Waals surface area (Å²) in [5, 5.41) is 2.92. The second-order valence-electron chi connectivity index (χ2n) is 7.24. The monoisotopic (exact) mass is 431 g/mol. The first-order chi connectivity index (χ1) is 15.6. The number of nitrogens with zero attached hydrogens (tertiary/aromatic N) is 2. The minimum Gasteiger partial charge on any atom is -0.493 e. The first-order valence-corrected chi connectivity index (χ1v) is 10.3. The van der Waals surface area contributed by atoms with E-state index in [1.54, 1.807) is 32.4 Å². The van der Waals surface area contributed by atoms with Gasteiger partial charge >= 0.3 is 0 Å². The molecule has 0 radical (unpaired) electrons. The number of fused-ring (bicyclic) bond motifs is 1. The Morgan fingerprint density at radius 2 is 1.69 bits per heavy atom. The van der Waals surface area contributed by atoms with Crippen molar-refractivity contribution in [2.75, 3.05) is 19.5 Å². The summed E-state index contributed by atoms with van der Waals surface area (Å²) in [7, 11) is 3.13. The number of carbonyl (C=O) groups is 1. The molecule has 0 aliphatic rings. The highest BCUT2D eigenvalue weighted by molar-refractivity contribution is 5.92. The van der Waals surface area contributed by atoms with Crippen molar-refractivity contribution < 1.29 is 19.0 Å². The van der Waals surface area contributed by atoms with Crippen LogP contribution in [0.4, 0.5) is 5.69 Å². The molecule has 0 saturated carbocycles. The molecule has 164 valence electrons. The SMILES string of the molecule is COc1ccc(NC(=O)Cn2c([C@H](C)Oc3ccccc3)nc3ccccc32)cc1OC. The maximum absolute atomic E-state index is 12.9. The molecule has 1 atom stereocenters. The number of para-hydroxylation sites is 3.